The number of thiazole rings is 1. The molecule has 31 heavy (non-hydrogen) atoms. The number of aromatic nitrogens is 4. The van der Waals surface area contributed by atoms with Crippen molar-refractivity contribution in [1.82, 2.24) is 25.1 Å². The highest BCUT2D eigenvalue weighted by Crippen LogP contribution is 2.29. The zero-order chi connectivity index (χ0) is 21.8. The molecule has 2 N–H and O–H groups in total. The quantitative estimate of drug-likeness (QED) is 0.386. The van der Waals surface area contributed by atoms with Crippen LogP contribution >= 0.6 is 23.1 Å². The van der Waals surface area contributed by atoms with Gasteiger partial charge in [0.1, 0.15) is 5.75 Å². The molecule has 10 nitrogen and oxygen atoms in total. The molecule has 0 saturated carbocycles. The highest BCUT2D eigenvalue weighted by Gasteiger charge is 2.15. The van der Waals surface area contributed by atoms with Crippen LogP contribution in [0.2, 0.25) is 0 Å². The third-order valence-electron chi connectivity index (χ3n) is 4.25. The largest absolute Gasteiger partial charge is 0.497 e. The Morgan fingerprint density at radius 1 is 1.29 bits per heavy atom. The number of carbonyl (C=O) groups excluding carboxylic acids is 2. The van der Waals surface area contributed by atoms with Crippen molar-refractivity contribution in [3.8, 4) is 5.75 Å². The third-order valence-corrected chi connectivity index (χ3v) is 6.21. The molecule has 0 aliphatic rings. The number of thioether (sulfide) groups is 1. The lowest BCUT2D eigenvalue weighted by atomic mass is 10.3. The molecule has 4 rings (SSSR count). The van der Waals surface area contributed by atoms with Crippen LogP contribution in [-0.4, -0.2) is 44.4 Å². The number of fused-ring (bicyclic) bond motifs is 1. The van der Waals surface area contributed by atoms with E-state index in [1.807, 2.05) is 18.2 Å². The SMILES string of the molecule is COc1ccc2nc(NC(=O)CSc3nnc(CNC(=O)c4ccco4)n3C)sc2c1. The van der Waals surface area contributed by atoms with Gasteiger partial charge in [-0.25, -0.2) is 4.98 Å². The normalized spacial score (nSPS) is 10.9. The van der Waals surface area contributed by atoms with Crippen LogP contribution in [0.3, 0.4) is 0 Å². The minimum absolute atomic E-state index is 0.143. The van der Waals surface area contributed by atoms with E-state index in [4.69, 9.17) is 9.15 Å². The minimum atomic E-state index is -0.338. The maximum absolute atomic E-state index is 12.3. The molecular weight excluding hydrogens is 440 g/mol. The van der Waals surface area contributed by atoms with Gasteiger partial charge in [0.15, 0.2) is 21.9 Å². The number of hydrogen-bond acceptors (Lipinski definition) is 9. The van der Waals surface area contributed by atoms with Crippen molar-refractivity contribution in [1.29, 1.82) is 0 Å². The van der Waals surface area contributed by atoms with Gasteiger partial charge in [-0.05, 0) is 30.3 Å². The topological polar surface area (TPSA) is 124 Å². The second-order valence-electron chi connectivity index (χ2n) is 6.31. The first-order valence-corrected chi connectivity index (χ1v) is 10.9. The van der Waals surface area contributed by atoms with Crippen molar-refractivity contribution in [2.24, 2.45) is 7.05 Å². The van der Waals surface area contributed by atoms with Crippen molar-refractivity contribution in [2.45, 2.75) is 11.7 Å². The van der Waals surface area contributed by atoms with E-state index in [0.29, 0.717) is 16.1 Å². The Balaban J connectivity index is 1.31. The average Bonchev–Trinajstić information content (AvgIpc) is 3.50. The zero-order valence-corrected chi connectivity index (χ0v) is 18.2. The van der Waals surface area contributed by atoms with Gasteiger partial charge in [0.05, 0.1) is 35.9 Å². The highest BCUT2D eigenvalue weighted by molar-refractivity contribution is 7.99. The Hall–Kier alpha value is -3.38. The molecule has 2 amide bonds. The fraction of sp³-hybridized carbons (Fsp3) is 0.211. The molecule has 0 fully saturated rings. The number of nitrogens with zero attached hydrogens (tertiary/aromatic N) is 4. The molecule has 0 aliphatic carbocycles. The van der Waals surface area contributed by atoms with Crippen molar-refractivity contribution in [3.63, 3.8) is 0 Å². The molecule has 0 saturated heterocycles. The summed E-state index contributed by atoms with van der Waals surface area (Å²) < 4.78 is 12.9. The van der Waals surface area contributed by atoms with Gasteiger partial charge in [-0.15, -0.1) is 10.2 Å². The number of anilines is 1. The lowest BCUT2D eigenvalue weighted by molar-refractivity contribution is -0.113. The molecule has 1 aromatic carbocycles. The van der Waals surface area contributed by atoms with Gasteiger partial charge in [0, 0.05) is 7.05 Å². The summed E-state index contributed by atoms with van der Waals surface area (Å²) in [5.74, 6) is 1.12. The molecule has 0 unspecified atom stereocenters. The number of amides is 2. The van der Waals surface area contributed by atoms with E-state index in [1.165, 1.54) is 29.4 Å². The molecule has 3 aromatic heterocycles. The predicted molar refractivity (Wildman–Crippen MR) is 116 cm³/mol. The van der Waals surface area contributed by atoms with Crippen LogP contribution in [0.5, 0.6) is 5.75 Å². The van der Waals surface area contributed by atoms with Crippen LogP contribution in [0.25, 0.3) is 10.2 Å². The molecule has 4 aromatic rings. The molecule has 0 bridgehead atoms. The number of hydrogen-bond donors (Lipinski definition) is 2. The van der Waals surface area contributed by atoms with Gasteiger partial charge in [0.2, 0.25) is 5.91 Å². The Bertz CT molecular complexity index is 1220. The molecule has 3 heterocycles. The highest BCUT2D eigenvalue weighted by atomic mass is 32.2. The van der Waals surface area contributed by atoms with E-state index < -0.39 is 0 Å². The van der Waals surface area contributed by atoms with Crippen molar-refractivity contribution in [2.75, 3.05) is 18.2 Å². The van der Waals surface area contributed by atoms with Crippen LogP contribution in [0.1, 0.15) is 16.4 Å². The maximum Gasteiger partial charge on any atom is 0.287 e. The van der Waals surface area contributed by atoms with E-state index in [1.54, 1.807) is 30.9 Å². The first-order valence-electron chi connectivity index (χ1n) is 9.10. The number of rotatable bonds is 8. The first-order chi connectivity index (χ1) is 15.0. The smallest absolute Gasteiger partial charge is 0.287 e. The lowest BCUT2D eigenvalue weighted by Gasteiger charge is -2.05. The summed E-state index contributed by atoms with van der Waals surface area (Å²) >= 11 is 2.62. The Kier molecular flexibility index (Phi) is 6.18. The standard InChI is InChI=1S/C19H18N6O4S2/c1-25-15(9-20-17(27)13-4-3-7-29-13)23-24-19(25)30-10-16(26)22-18-21-12-6-5-11(28-2)8-14(12)31-18/h3-8H,9-10H2,1-2H3,(H,20,27)(H,21,22,26). The number of benzene rings is 1. The Morgan fingerprint density at radius 2 is 2.16 bits per heavy atom. The summed E-state index contributed by atoms with van der Waals surface area (Å²) in [6.07, 6.45) is 1.43. The molecule has 0 radical (unpaired) electrons. The van der Waals surface area contributed by atoms with E-state index >= 15 is 0 Å². The number of methoxy groups -OCH3 is 1. The Morgan fingerprint density at radius 3 is 2.94 bits per heavy atom. The van der Waals surface area contributed by atoms with Gasteiger partial charge in [0.25, 0.3) is 5.91 Å². The minimum Gasteiger partial charge on any atom is -0.497 e. The summed E-state index contributed by atoms with van der Waals surface area (Å²) in [6.45, 7) is 0.185. The Labute approximate surface area is 185 Å². The monoisotopic (exact) mass is 458 g/mol. The van der Waals surface area contributed by atoms with Crippen LogP contribution in [0.15, 0.2) is 46.2 Å². The first kappa shape index (κ1) is 20.9. The summed E-state index contributed by atoms with van der Waals surface area (Å²) in [7, 11) is 3.38. The summed E-state index contributed by atoms with van der Waals surface area (Å²) in [5.41, 5.74) is 0.795. The molecule has 12 heteroatoms. The van der Waals surface area contributed by atoms with E-state index in [9.17, 15) is 9.59 Å². The van der Waals surface area contributed by atoms with E-state index in [0.717, 1.165) is 16.0 Å². The summed E-state index contributed by atoms with van der Waals surface area (Å²) in [5, 5.41) is 14.8. The fourth-order valence-electron chi connectivity index (χ4n) is 2.65. The van der Waals surface area contributed by atoms with Crippen LogP contribution in [0, 0.1) is 0 Å². The van der Waals surface area contributed by atoms with Crippen LogP contribution in [-0.2, 0) is 18.4 Å². The maximum atomic E-state index is 12.3. The van der Waals surface area contributed by atoms with Gasteiger partial charge in [-0.3, -0.25) is 9.59 Å². The third kappa shape index (κ3) is 4.86. The van der Waals surface area contributed by atoms with E-state index in [-0.39, 0.29) is 29.9 Å². The van der Waals surface area contributed by atoms with Crippen LogP contribution < -0.4 is 15.4 Å². The second kappa shape index (κ2) is 9.18. The van der Waals surface area contributed by atoms with Gasteiger partial charge in [-0.1, -0.05) is 23.1 Å². The zero-order valence-electron chi connectivity index (χ0n) is 16.6. The van der Waals surface area contributed by atoms with Crippen molar-refractivity contribution >= 4 is 50.3 Å². The molecule has 160 valence electrons. The molecule has 0 spiro atoms. The summed E-state index contributed by atoms with van der Waals surface area (Å²) in [6, 6.07) is 8.77. The van der Waals surface area contributed by atoms with Crippen molar-refractivity contribution < 1.29 is 18.7 Å². The number of ether oxygens (including phenoxy) is 1. The van der Waals surface area contributed by atoms with Gasteiger partial charge >= 0.3 is 0 Å². The van der Waals surface area contributed by atoms with Crippen LogP contribution in [0.4, 0.5) is 5.13 Å². The van der Waals surface area contributed by atoms with Gasteiger partial charge < -0.3 is 24.4 Å². The molecule has 0 aliphatic heterocycles. The molecular formula is C19H18N6O4S2. The fourth-order valence-corrected chi connectivity index (χ4v) is 4.29. The molecule has 0 atom stereocenters. The van der Waals surface area contributed by atoms with Crippen molar-refractivity contribution in [3.05, 3.63) is 48.2 Å². The average molecular weight is 459 g/mol. The van der Waals surface area contributed by atoms with Gasteiger partial charge in [-0.2, -0.15) is 0 Å². The number of furan rings is 1. The lowest BCUT2D eigenvalue weighted by Crippen LogP contribution is -2.24. The van der Waals surface area contributed by atoms with E-state index in [2.05, 4.69) is 25.8 Å². The number of nitrogens with one attached hydrogen (secondary N) is 2. The predicted octanol–water partition coefficient (Wildman–Crippen LogP) is 2.69. The number of carbonyl (C=O) groups is 2. The summed E-state index contributed by atoms with van der Waals surface area (Å²) in [4.78, 5) is 28.7. The second-order valence-corrected chi connectivity index (χ2v) is 8.28.